The first-order valence-corrected chi connectivity index (χ1v) is 11.0. The number of nitrogens with zero attached hydrogens (tertiary/aromatic N) is 1. The average Bonchev–Trinajstić information content (AvgIpc) is 2.73. The van der Waals surface area contributed by atoms with E-state index in [1.807, 2.05) is 23.1 Å². The number of piperidine rings is 1. The molecule has 2 fully saturated rings. The second-order valence-electron chi connectivity index (χ2n) is 7.88. The van der Waals surface area contributed by atoms with Gasteiger partial charge in [-0.1, -0.05) is 43.0 Å². The summed E-state index contributed by atoms with van der Waals surface area (Å²) >= 11 is 6.05. The van der Waals surface area contributed by atoms with Crippen LogP contribution >= 0.6 is 11.6 Å². The maximum absolute atomic E-state index is 12.6. The van der Waals surface area contributed by atoms with Gasteiger partial charge in [0.05, 0.1) is 11.6 Å². The molecule has 1 saturated heterocycles. The highest BCUT2D eigenvalue weighted by molar-refractivity contribution is 6.32. The Kier molecular flexibility index (Phi) is 8.01. The SMILES string of the molecule is O=C(CCCOc1ccccc1Cl)NC1CCN(C(=O)C2CCCCC2)CC1. The van der Waals surface area contributed by atoms with Gasteiger partial charge in [-0.15, -0.1) is 0 Å². The summed E-state index contributed by atoms with van der Waals surface area (Å²) < 4.78 is 5.62. The van der Waals surface area contributed by atoms with E-state index in [1.54, 1.807) is 6.07 Å². The summed E-state index contributed by atoms with van der Waals surface area (Å²) in [4.78, 5) is 26.8. The van der Waals surface area contributed by atoms with Crippen molar-refractivity contribution < 1.29 is 14.3 Å². The minimum absolute atomic E-state index is 0.0554. The van der Waals surface area contributed by atoms with Crippen molar-refractivity contribution >= 4 is 23.4 Å². The van der Waals surface area contributed by atoms with Gasteiger partial charge in [-0.3, -0.25) is 9.59 Å². The molecule has 3 rings (SSSR count). The zero-order valence-corrected chi connectivity index (χ0v) is 17.3. The number of amides is 2. The van der Waals surface area contributed by atoms with Crippen LogP contribution in [0.4, 0.5) is 0 Å². The standard InChI is InChI=1S/C22H31ClN2O3/c23-19-9-4-5-10-20(19)28-16-6-11-21(26)24-18-12-14-25(15-13-18)22(27)17-7-2-1-3-8-17/h4-5,9-10,17-18H,1-3,6-8,11-16H2,(H,24,26). The summed E-state index contributed by atoms with van der Waals surface area (Å²) in [6.45, 7) is 1.98. The molecule has 2 amide bonds. The second kappa shape index (κ2) is 10.7. The van der Waals surface area contributed by atoms with Crippen molar-refractivity contribution in [2.75, 3.05) is 19.7 Å². The number of carbonyl (C=O) groups is 2. The molecule has 2 aliphatic rings. The molecule has 0 bridgehead atoms. The first kappa shape index (κ1) is 21.0. The highest BCUT2D eigenvalue weighted by Crippen LogP contribution is 2.27. The molecule has 0 aromatic heterocycles. The van der Waals surface area contributed by atoms with Gasteiger partial charge in [0.15, 0.2) is 0 Å². The summed E-state index contributed by atoms with van der Waals surface area (Å²) in [5, 5.41) is 3.69. The molecule has 6 heteroatoms. The zero-order chi connectivity index (χ0) is 19.8. The van der Waals surface area contributed by atoms with Crippen molar-refractivity contribution in [3.8, 4) is 5.75 Å². The highest BCUT2D eigenvalue weighted by atomic mass is 35.5. The predicted molar refractivity (Wildman–Crippen MR) is 111 cm³/mol. The molecule has 1 aromatic carbocycles. The number of ether oxygens (including phenoxy) is 1. The van der Waals surface area contributed by atoms with Gasteiger partial charge in [0.1, 0.15) is 5.75 Å². The van der Waals surface area contributed by atoms with Gasteiger partial charge in [-0.2, -0.15) is 0 Å². The Morgan fingerprint density at radius 3 is 2.50 bits per heavy atom. The van der Waals surface area contributed by atoms with Gasteiger partial charge < -0.3 is 15.0 Å². The van der Waals surface area contributed by atoms with E-state index < -0.39 is 0 Å². The fourth-order valence-corrected chi connectivity index (χ4v) is 4.32. The van der Waals surface area contributed by atoms with Gasteiger partial charge in [0, 0.05) is 31.5 Å². The molecule has 1 saturated carbocycles. The molecular formula is C22H31ClN2O3. The van der Waals surface area contributed by atoms with Crippen molar-refractivity contribution in [2.45, 2.75) is 63.8 Å². The molecule has 154 valence electrons. The number of hydrogen-bond donors (Lipinski definition) is 1. The molecule has 0 radical (unpaired) electrons. The number of carbonyl (C=O) groups excluding carboxylic acids is 2. The third-order valence-corrected chi connectivity index (χ3v) is 6.08. The fraction of sp³-hybridized carbons (Fsp3) is 0.636. The molecule has 1 aromatic rings. The van der Waals surface area contributed by atoms with Crippen LogP contribution in [0, 0.1) is 5.92 Å². The molecule has 0 unspecified atom stereocenters. The largest absolute Gasteiger partial charge is 0.492 e. The lowest BCUT2D eigenvalue weighted by Crippen LogP contribution is -2.48. The number of para-hydroxylation sites is 1. The lowest BCUT2D eigenvalue weighted by molar-refractivity contribution is -0.137. The summed E-state index contributed by atoms with van der Waals surface area (Å²) in [5.41, 5.74) is 0. The Morgan fingerprint density at radius 2 is 1.79 bits per heavy atom. The van der Waals surface area contributed by atoms with E-state index in [9.17, 15) is 9.59 Å². The van der Waals surface area contributed by atoms with E-state index >= 15 is 0 Å². The van der Waals surface area contributed by atoms with E-state index in [0.717, 1.165) is 38.8 Å². The number of likely N-dealkylation sites (tertiary alicyclic amines) is 1. The predicted octanol–water partition coefficient (Wildman–Crippen LogP) is 4.19. The van der Waals surface area contributed by atoms with Crippen LogP contribution in [-0.2, 0) is 9.59 Å². The van der Waals surface area contributed by atoms with Crippen molar-refractivity contribution in [3.05, 3.63) is 29.3 Å². The topological polar surface area (TPSA) is 58.6 Å². The Hall–Kier alpha value is -1.75. The van der Waals surface area contributed by atoms with Gasteiger partial charge in [0.2, 0.25) is 11.8 Å². The van der Waals surface area contributed by atoms with Crippen molar-refractivity contribution in [1.29, 1.82) is 0 Å². The van der Waals surface area contributed by atoms with Gasteiger partial charge in [0.25, 0.3) is 0 Å². The normalized spacial score (nSPS) is 18.7. The van der Waals surface area contributed by atoms with E-state index in [0.29, 0.717) is 36.1 Å². The highest BCUT2D eigenvalue weighted by Gasteiger charge is 2.29. The maximum Gasteiger partial charge on any atom is 0.225 e. The van der Waals surface area contributed by atoms with Crippen LogP contribution in [0.1, 0.15) is 57.8 Å². The second-order valence-corrected chi connectivity index (χ2v) is 8.29. The molecule has 1 heterocycles. The van der Waals surface area contributed by atoms with Crippen LogP contribution in [0.5, 0.6) is 5.75 Å². The number of benzene rings is 1. The Bertz CT molecular complexity index is 653. The molecule has 0 spiro atoms. The monoisotopic (exact) mass is 406 g/mol. The Balaban J connectivity index is 1.30. The van der Waals surface area contributed by atoms with Crippen molar-refractivity contribution in [1.82, 2.24) is 10.2 Å². The number of nitrogens with one attached hydrogen (secondary N) is 1. The van der Waals surface area contributed by atoms with E-state index in [2.05, 4.69) is 5.32 Å². The molecule has 1 N–H and O–H groups in total. The lowest BCUT2D eigenvalue weighted by Gasteiger charge is -2.35. The van der Waals surface area contributed by atoms with Gasteiger partial charge >= 0.3 is 0 Å². The first-order chi connectivity index (χ1) is 13.6. The number of halogens is 1. The summed E-state index contributed by atoms with van der Waals surface area (Å²) in [7, 11) is 0. The van der Waals surface area contributed by atoms with E-state index in [1.165, 1.54) is 19.3 Å². The Labute approximate surface area is 172 Å². The molecule has 1 aliphatic carbocycles. The van der Waals surface area contributed by atoms with E-state index in [-0.39, 0.29) is 17.9 Å². The van der Waals surface area contributed by atoms with Crippen LogP contribution in [0.3, 0.4) is 0 Å². The van der Waals surface area contributed by atoms with Crippen LogP contribution in [-0.4, -0.2) is 42.5 Å². The molecule has 5 nitrogen and oxygen atoms in total. The lowest BCUT2D eigenvalue weighted by atomic mass is 9.87. The fourth-order valence-electron chi connectivity index (χ4n) is 4.13. The molecular weight excluding hydrogens is 376 g/mol. The first-order valence-electron chi connectivity index (χ1n) is 10.6. The molecule has 28 heavy (non-hydrogen) atoms. The Morgan fingerprint density at radius 1 is 1.07 bits per heavy atom. The van der Waals surface area contributed by atoms with Crippen molar-refractivity contribution in [3.63, 3.8) is 0 Å². The third-order valence-electron chi connectivity index (χ3n) is 5.77. The maximum atomic E-state index is 12.6. The minimum atomic E-state index is 0.0554. The molecule has 1 aliphatic heterocycles. The number of hydrogen-bond acceptors (Lipinski definition) is 3. The third kappa shape index (κ3) is 6.13. The van der Waals surface area contributed by atoms with Crippen LogP contribution < -0.4 is 10.1 Å². The van der Waals surface area contributed by atoms with Crippen molar-refractivity contribution in [2.24, 2.45) is 5.92 Å². The van der Waals surface area contributed by atoms with Crippen LogP contribution in [0.25, 0.3) is 0 Å². The van der Waals surface area contributed by atoms with Crippen LogP contribution in [0.15, 0.2) is 24.3 Å². The zero-order valence-electron chi connectivity index (χ0n) is 16.5. The van der Waals surface area contributed by atoms with E-state index in [4.69, 9.17) is 16.3 Å². The quantitative estimate of drug-likeness (QED) is 0.691. The summed E-state index contributed by atoms with van der Waals surface area (Å²) in [5.74, 6) is 1.28. The minimum Gasteiger partial charge on any atom is -0.492 e. The summed E-state index contributed by atoms with van der Waals surface area (Å²) in [6.07, 6.45) is 8.51. The summed E-state index contributed by atoms with van der Waals surface area (Å²) in [6, 6.07) is 7.52. The number of rotatable bonds is 7. The smallest absolute Gasteiger partial charge is 0.225 e. The molecule has 0 atom stereocenters. The average molecular weight is 407 g/mol. The van der Waals surface area contributed by atoms with Crippen LogP contribution in [0.2, 0.25) is 5.02 Å². The van der Waals surface area contributed by atoms with Gasteiger partial charge in [-0.05, 0) is 44.2 Å². The van der Waals surface area contributed by atoms with Gasteiger partial charge in [-0.25, -0.2) is 0 Å².